The van der Waals surface area contributed by atoms with E-state index in [2.05, 4.69) is 10.6 Å². The fourth-order valence-electron chi connectivity index (χ4n) is 2.59. The highest BCUT2D eigenvalue weighted by Gasteiger charge is 2.20. The van der Waals surface area contributed by atoms with Crippen molar-refractivity contribution in [3.05, 3.63) is 59.9 Å². The summed E-state index contributed by atoms with van der Waals surface area (Å²) in [5.74, 6) is -0.484. The van der Waals surface area contributed by atoms with Gasteiger partial charge in [0, 0.05) is 24.8 Å². The molecule has 0 fully saturated rings. The molecule has 0 saturated heterocycles. The summed E-state index contributed by atoms with van der Waals surface area (Å²) in [5, 5.41) is 5.51. The van der Waals surface area contributed by atoms with Gasteiger partial charge in [0.2, 0.25) is 5.91 Å². The monoisotopic (exact) mass is 343 g/mol. The van der Waals surface area contributed by atoms with Gasteiger partial charge in [-0.2, -0.15) is 0 Å². The number of nitrogens with one attached hydrogen (secondary N) is 2. The molecule has 0 aromatic heterocycles. The summed E-state index contributed by atoms with van der Waals surface area (Å²) >= 11 is 0. The lowest BCUT2D eigenvalue weighted by atomic mass is 10.1. The quantitative estimate of drug-likeness (QED) is 0.845. The lowest BCUT2D eigenvalue weighted by Crippen LogP contribution is -2.36. The van der Waals surface area contributed by atoms with Crippen molar-refractivity contribution in [2.45, 2.75) is 26.8 Å². The van der Waals surface area contributed by atoms with Crippen LogP contribution in [-0.2, 0) is 4.79 Å². The molecule has 0 heterocycles. The van der Waals surface area contributed by atoms with E-state index in [0.717, 1.165) is 5.56 Å². The Morgan fingerprint density at radius 1 is 1.08 bits per heavy atom. The van der Waals surface area contributed by atoms with E-state index >= 15 is 0 Å². The maximum atomic E-state index is 13.1. The van der Waals surface area contributed by atoms with E-state index in [0.29, 0.717) is 17.9 Å². The molecule has 0 aliphatic heterocycles. The molecular formula is C19H22FN3O2. The largest absolute Gasteiger partial charge is 0.326 e. The van der Waals surface area contributed by atoms with Crippen LogP contribution in [0.5, 0.6) is 0 Å². The van der Waals surface area contributed by atoms with Gasteiger partial charge in [-0.05, 0) is 49.7 Å². The molecular weight excluding hydrogens is 321 g/mol. The predicted octanol–water partition coefficient (Wildman–Crippen LogP) is 4.40. The minimum absolute atomic E-state index is 0.177. The van der Waals surface area contributed by atoms with Crippen LogP contribution < -0.4 is 10.6 Å². The van der Waals surface area contributed by atoms with Gasteiger partial charge >= 0.3 is 6.03 Å². The molecule has 2 aromatic rings. The summed E-state index contributed by atoms with van der Waals surface area (Å²) in [5.41, 5.74) is 2.05. The number of amides is 3. The van der Waals surface area contributed by atoms with Gasteiger partial charge < -0.3 is 15.5 Å². The molecule has 0 spiro atoms. The number of hydrogen-bond donors (Lipinski definition) is 2. The normalized spacial score (nSPS) is 11.5. The van der Waals surface area contributed by atoms with E-state index in [1.54, 1.807) is 41.3 Å². The minimum Gasteiger partial charge on any atom is -0.326 e. The molecule has 6 heteroatoms. The van der Waals surface area contributed by atoms with Crippen molar-refractivity contribution in [3.63, 3.8) is 0 Å². The third-order valence-corrected chi connectivity index (χ3v) is 3.86. The van der Waals surface area contributed by atoms with E-state index in [-0.39, 0.29) is 23.8 Å². The standard InChI is InChI=1S/C19H22FN3O2/c1-4-23(13(2)15-8-10-16(20)11-9-15)19(25)22-18-7-5-6-17(12-18)21-14(3)24/h5-13H,4H2,1-3H3,(H,21,24)(H,22,25)/t13-/m1/s1. The molecule has 0 unspecified atom stereocenters. The van der Waals surface area contributed by atoms with Crippen molar-refractivity contribution < 1.29 is 14.0 Å². The van der Waals surface area contributed by atoms with E-state index in [1.165, 1.54) is 19.1 Å². The molecule has 0 aliphatic rings. The molecule has 3 amide bonds. The summed E-state index contributed by atoms with van der Waals surface area (Å²) < 4.78 is 13.1. The number of urea groups is 1. The van der Waals surface area contributed by atoms with Gasteiger partial charge in [-0.3, -0.25) is 4.79 Å². The van der Waals surface area contributed by atoms with Gasteiger partial charge in [0.1, 0.15) is 5.82 Å². The van der Waals surface area contributed by atoms with Crippen LogP contribution in [0.4, 0.5) is 20.6 Å². The van der Waals surface area contributed by atoms with Gasteiger partial charge in [0.25, 0.3) is 0 Å². The molecule has 1 atom stereocenters. The zero-order valence-electron chi connectivity index (χ0n) is 14.5. The van der Waals surface area contributed by atoms with Gasteiger partial charge in [-0.15, -0.1) is 0 Å². The highest BCUT2D eigenvalue weighted by atomic mass is 19.1. The number of halogens is 1. The lowest BCUT2D eigenvalue weighted by molar-refractivity contribution is -0.114. The SMILES string of the molecule is CCN(C(=O)Nc1cccc(NC(C)=O)c1)[C@H](C)c1ccc(F)cc1. The Balaban J connectivity index is 2.11. The number of nitrogens with zero attached hydrogens (tertiary/aromatic N) is 1. The fraction of sp³-hybridized carbons (Fsp3) is 0.263. The number of rotatable bonds is 5. The van der Waals surface area contributed by atoms with Gasteiger partial charge in [-0.1, -0.05) is 18.2 Å². The van der Waals surface area contributed by atoms with Crippen molar-refractivity contribution in [1.29, 1.82) is 0 Å². The van der Waals surface area contributed by atoms with E-state index in [4.69, 9.17) is 0 Å². The second-order valence-corrected chi connectivity index (χ2v) is 5.71. The van der Waals surface area contributed by atoms with Crippen molar-refractivity contribution in [2.24, 2.45) is 0 Å². The van der Waals surface area contributed by atoms with Gasteiger partial charge in [-0.25, -0.2) is 9.18 Å². The summed E-state index contributed by atoms with van der Waals surface area (Å²) in [4.78, 5) is 25.4. The summed E-state index contributed by atoms with van der Waals surface area (Å²) in [7, 11) is 0. The maximum Gasteiger partial charge on any atom is 0.322 e. The van der Waals surface area contributed by atoms with Crippen LogP contribution in [0.3, 0.4) is 0 Å². The Morgan fingerprint density at radius 3 is 2.24 bits per heavy atom. The van der Waals surface area contributed by atoms with Crippen LogP contribution >= 0.6 is 0 Å². The van der Waals surface area contributed by atoms with Crippen LogP contribution in [-0.4, -0.2) is 23.4 Å². The second kappa shape index (κ2) is 8.28. The topological polar surface area (TPSA) is 61.4 Å². The molecule has 0 saturated carbocycles. The average Bonchev–Trinajstić information content (AvgIpc) is 2.55. The third-order valence-electron chi connectivity index (χ3n) is 3.86. The maximum absolute atomic E-state index is 13.1. The average molecular weight is 343 g/mol. The van der Waals surface area contributed by atoms with Crippen LogP contribution in [0.15, 0.2) is 48.5 Å². The van der Waals surface area contributed by atoms with Crippen molar-refractivity contribution in [2.75, 3.05) is 17.2 Å². The molecule has 2 N–H and O–H groups in total. The summed E-state index contributed by atoms with van der Waals surface area (Å²) in [6, 6.07) is 12.6. The molecule has 25 heavy (non-hydrogen) atoms. The van der Waals surface area contributed by atoms with Crippen molar-refractivity contribution in [1.82, 2.24) is 4.90 Å². The Labute approximate surface area is 146 Å². The summed E-state index contributed by atoms with van der Waals surface area (Å²) in [6.45, 7) is 5.70. The Hall–Kier alpha value is -2.89. The molecule has 0 bridgehead atoms. The second-order valence-electron chi connectivity index (χ2n) is 5.71. The molecule has 5 nitrogen and oxygen atoms in total. The van der Waals surface area contributed by atoms with E-state index < -0.39 is 0 Å². The highest BCUT2D eigenvalue weighted by molar-refractivity contribution is 5.92. The first-order valence-corrected chi connectivity index (χ1v) is 8.11. The lowest BCUT2D eigenvalue weighted by Gasteiger charge is -2.28. The highest BCUT2D eigenvalue weighted by Crippen LogP contribution is 2.22. The zero-order chi connectivity index (χ0) is 18.4. The Morgan fingerprint density at radius 2 is 1.68 bits per heavy atom. The first-order chi connectivity index (χ1) is 11.9. The van der Waals surface area contributed by atoms with Crippen LogP contribution in [0, 0.1) is 5.82 Å². The van der Waals surface area contributed by atoms with Gasteiger partial charge in [0.05, 0.1) is 6.04 Å². The smallest absolute Gasteiger partial charge is 0.322 e. The zero-order valence-corrected chi connectivity index (χ0v) is 14.5. The summed E-state index contributed by atoms with van der Waals surface area (Å²) in [6.07, 6.45) is 0. The van der Waals surface area contributed by atoms with Crippen LogP contribution in [0.25, 0.3) is 0 Å². The molecule has 2 rings (SSSR count). The molecule has 132 valence electrons. The van der Waals surface area contributed by atoms with Crippen LogP contribution in [0.1, 0.15) is 32.4 Å². The van der Waals surface area contributed by atoms with Crippen molar-refractivity contribution in [3.8, 4) is 0 Å². The first kappa shape index (κ1) is 18.4. The molecule has 0 radical (unpaired) electrons. The van der Waals surface area contributed by atoms with E-state index in [9.17, 15) is 14.0 Å². The fourth-order valence-corrected chi connectivity index (χ4v) is 2.59. The number of anilines is 2. The third kappa shape index (κ3) is 5.04. The Kier molecular flexibility index (Phi) is 6.11. The van der Waals surface area contributed by atoms with Crippen molar-refractivity contribution >= 4 is 23.3 Å². The first-order valence-electron chi connectivity index (χ1n) is 8.11. The number of hydrogen-bond acceptors (Lipinski definition) is 2. The number of benzene rings is 2. The molecule has 2 aromatic carbocycles. The van der Waals surface area contributed by atoms with Gasteiger partial charge in [0.15, 0.2) is 0 Å². The minimum atomic E-state index is -0.307. The number of carbonyl (C=O) groups excluding carboxylic acids is 2. The Bertz CT molecular complexity index is 747. The van der Waals surface area contributed by atoms with E-state index in [1.807, 2.05) is 13.8 Å². The van der Waals surface area contributed by atoms with Crippen LogP contribution in [0.2, 0.25) is 0 Å². The molecule has 0 aliphatic carbocycles. The number of carbonyl (C=O) groups is 2. The predicted molar refractivity (Wildman–Crippen MR) is 97.0 cm³/mol.